The summed E-state index contributed by atoms with van der Waals surface area (Å²) in [6.45, 7) is 1.51. The maximum atomic E-state index is 13.6. The van der Waals surface area contributed by atoms with Crippen molar-refractivity contribution in [3.63, 3.8) is 0 Å². The zero-order chi connectivity index (χ0) is 12.8. The molecule has 0 aromatic heterocycles. The number of aliphatic hydroxyl groups excluding tert-OH is 1. The van der Waals surface area contributed by atoms with Crippen LogP contribution in [-0.4, -0.2) is 37.4 Å². The first kappa shape index (κ1) is 13.6. The Balaban J connectivity index is 2.79. The summed E-state index contributed by atoms with van der Waals surface area (Å²) in [4.78, 5) is 11.7. The van der Waals surface area contributed by atoms with E-state index < -0.39 is 17.8 Å². The van der Waals surface area contributed by atoms with Crippen molar-refractivity contribution < 1.29 is 19.0 Å². The van der Waals surface area contributed by atoms with Crippen molar-refractivity contribution in [1.82, 2.24) is 5.32 Å². The Kier molecular flexibility index (Phi) is 5.06. The van der Waals surface area contributed by atoms with Crippen LogP contribution in [0, 0.1) is 12.7 Å². The molecule has 0 aliphatic heterocycles. The zero-order valence-corrected chi connectivity index (χ0v) is 9.87. The molecule has 5 heteroatoms. The molecule has 0 heterocycles. The second-order valence-electron chi connectivity index (χ2n) is 3.74. The van der Waals surface area contributed by atoms with E-state index in [1.54, 1.807) is 19.1 Å². The van der Waals surface area contributed by atoms with Crippen LogP contribution >= 0.6 is 0 Å². The minimum atomic E-state index is -0.553. The third kappa shape index (κ3) is 3.51. The quantitative estimate of drug-likeness (QED) is 0.804. The highest BCUT2D eigenvalue weighted by Crippen LogP contribution is 2.11. The van der Waals surface area contributed by atoms with Crippen molar-refractivity contribution in [2.24, 2.45) is 0 Å². The van der Waals surface area contributed by atoms with Crippen molar-refractivity contribution in [2.75, 3.05) is 20.3 Å². The largest absolute Gasteiger partial charge is 0.394 e. The van der Waals surface area contributed by atoms with E-state index >= 15 is 0 Å². The highest BCUT2D eigenvalue weighted by molar-refractivity contribution is 5.94. The number of amides is 1. The predicted octanol–water partition coefficient (Wildman–Crippen LogP) is 0.871. The maximum absolute atomic E-state index is 13.6. The van der Waals surface area contributed by atoms with Crippen LogP contribution in [0.15, 0.2) is 18.2 Å². The molecule has 1 aromatic carbocycles. The number of ether oxygens (including phenoxy) is 1. The van der Waals surface area contributed by atoms with E-state index in [2.05, 4.69) is 5.32 Å². The minimum absolute atomic E-state index is 0.0282. The average Bonchev–Trinajstić information content (AvgIpc) is 2.31. The Morgan fingerprint density at radius 1 is 1.59 bits per heavy atom. The van der Waals surface area contributed by atoms with Gasteiger partial charge in [-0.25, -0.2) is 4.39 Å². The van der Waals surface area contributed by atoms with E-state index in [4.69, 9.17) is 9.84 Å². The molecule has 0 saturated heterocycles. The minimum Gasteiger partial charge on any atom is -0.394 e. The molecule has 17 heavy (non-hydrogen) atoms. The molecule has 1 rings (SSSR count). The molecule has 1 atom stereocenters. The standard InChI is InChI=1S/C12H16FNO3/c1-8-4-3-5-10(11(8)13)12(16)14-9(6-15)7-17-2/h3-5,9,15H,6-7H2,1-2H3,(H,14,16). The number of rotatable bonds is 5. The number of aryl methyl sites for hydroxylation is 1. The molecule has 4 nitrogen and oxygen atoms in total. The van der Waals surface area contributed by atoms with Gasteiger partial charge in [-0.15, -0.1) is 0 Å². The van der Waals surface area contributed by atoms with Crippen LogP contribution < -0.4 is 5.32 Å². The molecule has 94 valence electrons. The van der Waals surface area contributed by atoms with Crippen LogP contribution in [-0.2, 0) is 4.74 Å². The summed E-state index contributed by atoms with van der Waals surface area (Å²) < 4.78 is 18.5. The third-order valence-corrected chi connectivity index (χ3v) is 2.36. The molecule has 0 saturated carbocycles. The Bertz CT molecular complexity index is 395. The van der Waals surface area contributed by atoms with Crippen LogP contribution in [0.4, 0.5) is 4.39 Å². The number of carbonyl (C=O) groups is 1. The van der Waals surface area contributed by atoms with E-state index in [0.717, 1.165) is 0 Å². The Labute approximate surface area is 99.4 Å². The smallest absolute Gasteiger partial charge is 0.254 e. The zero-order valence-electron chi connectivity index (χ0n) is 9.87. The van der Waals surface area contributed by atoms with Crippen LogP contribution in [0.25, 0.3) is 0 Å². The summed E-state index contributed by atoms with van der Waals surface area (Å²) in [5.41, 5.74) is 0.379. The molecule has 0 bridgehead atoms. The summed E-state index contributed by atoms with van der Waals surface area (Å²) in [5.74, 6) is -1.10. The van der Waals surface area contributed by atoms with Crippen LogP contribution in [0.2, 0.25) is 0 Å². The molecule has 2 N–H and O–H groups in total. The molecule has 0 aliphatic rings. The number of aliphatic hydroxyl groups is 1. The number of benzene rings is 1. The number of hydrogen-bond donors (Lipinski definition) is 2. The van der Waals surface area contributed by atoms with Gasteiger partial charge < -0.3 is 15.2 Å². The van der Waals surface area contributed by atoms with Crippen molar-refractivity contribution in [1.29, 1.82) is 0 Å². The number of carbonyl (C=O) groups excluding carboxylic acids is 1. The fourth-order valence-electron chi connectivity index (χ4n) is 1.43. The molecule has 1 amide bonds. The van der Waals surface area contributed by atoms with Gasteiger partial charge in [0.15, 0.2) is 0 Å². The van der Waals surface area contributed by atoms with Crippen LogP contribution in [0.3, 0.4) is 0 Å². The fraction of sp³-hybridized carbons (Fsp3) is 0.417. The van der Waals surface area contributed by atoms with Gasteiger partial charge in [0.05, 0.1) is 24.8 Å². The topological polar surface area (TPSA) is 58.6 Å². The first-order valence-corrected chi connectivity index (χ1v) is 5.26. The molecule has 0 fully saturated rings. The highest BCUT2D eigenvalue weighted by atomic mass is 19.1. The van der Waals surface area contributed by atoms with Gasteiger partial charge in [0, 0.05) is 7.11 Å². The van der Waals surface area contributed by atoms with Gasteiger partial charge in [-0.2, -0.15) is 0 Å². The lowest BCUT2D eigenvalue weighted by Gasteiger charge is -2.15. The SMILES string of the molecule is COCC(CO)NC(=O)c1cccc(C)c1F. The molecule has 0 spiro atoms. The van der Waals surface area contributed by atoms with E-state index in [-0.39, 0.29) is 18.8 Å². The van der Waals surface area contributed by atoms with Gasteiger partial charge in [-0.3, -0.25) is 4.79 Å². The van der Waals surface area contributed by atoms with Gasteiger partial charge in [0.1, 0.15) is 5.82 Å². The van der Waals surface area contributed by atoms with Crippen molar-refractivity contribution >= 4 is 5.91 Å². The van der Waals surface area contributed by atoms with Crippen molar-refractivity contribution in [3.8, 4) is 0 Å². The lowest BCUT2D eigenvalue weighted by atomic mass is 10.1. The van der Waals surface area contributed by atoms with Crippen molar-refractivity contribution in [3.05, 3.63) is 35.1 Å². The van der Waals surface area contributed by atoms with Gasteiger partial charge in [-0.1, -0.05) is 12.1 Å². The van der Waals surface area contributed by atoms with Gasteiger partial charge in [-0.05, 0) is 18.6 Å². The van der Waals surface area contributed by atoms with E-state index in [1.807, 2.05) is 0 Å². The average molecular weight is 241 g/mol. The van der Waals surface area contributed by atoms with Gasteiger partial charge >= 0.3 is 0 Å². The number of halogens is 1. The highest BCUT2D eigenvalue weighted by Gasteiger charge is 2.16. The Morgan fingerprint density at radius 2 is 2.29 bits per heavy atom. The predicted molar refractivity (Wildman–Crippen MR) is 61.4 cm³/mol. The summed E-state index contributed by atoms with van der Waals surface area (Å²) >= 11 is 0. The lowest BCUT2D eigenvalue weighted by molar-refractivity contribution is 0.0836. The molecular formula is C12H16FNO3. The molecular weight excluding hydrogens is 225 g/mol. The molecule has 0 radical (unpaired) electrons. The summed E-state index contributed by atoms with van der Waals surface area (Å²) in [5, 5.41) is 11.5. The number of nitrogens with one attached hydrogen (secondary N) is 1. The van der Waals surface area contributed by atoms with E-state index in [9.17, 15) is 9.18 Å². The summed E-state index contributed by atoms with van der Waals surface area (Å²) in [7, 11) is 1.46. The monoisotopic (exact) mass is 241 g/mol. The third-order valence-electron chi connectivity index (χ3n) is 2.36. The Morgan fingerprint density at radius 3 is 2.88 bits per heavy atom. The lowest BCUT2D eigenvalue weighted by Crippen LogP contribution is -2.41. The number of hydrogen-bond acceptors (Lipinski definition) is 3. The molecule has 1 unspecified atom stereocenters. The van der Waals surface area contributed by atoms with Crippen LogP contribution in [0.1, 0.15) is 15.9 Å². The van der Waals surface area contributed by atoms with Crippen LogP contribution in [0.5, 0.6) is 0 Å². The van der Waals surface area contributed by atoms with Gasteiger partial charge in [0.2, 0.25) is 0 Å². The second kappa shape index (κ2) is 6.32. The van der Waals surface area contributed by atoms with Crippen molar-refractivity contribution in [2.45, 2.75) is 13.0 Å². The van der Waals surface area contributed by atoms with E-state index in [1.165, 1.54) is 13.2 Å². The summed E-state index contributed by atoms with van der Waals surface area (Å²) in [6, 6.07) is 4.06. The first-order chi connectivity index (χ1) is 8.10. The number of methoxy groups -OCH3 is 1. The second-order valence-corrected chi connectivity index (χ2v) is 3.74. The molecule has 1 aromatic rings. The fourth-order valence-corrected chi connectivity index (χ4v) is 1.43. The van der Waals surface area contributed by atoms with E-state index in [0.29, 0.717) is 5.56 Å². The Hall–Kier alpha value is -1.46. The normalized spacial score (nSPS) is 12.2. The molecule has 0 aliphatic carbocycles. The van der Waals surface area contributed by atoms with Gasteiger partial charge in [0.25, 0.3) is 5.91 Å². The first-order valence-electron chi connectivity index (χ1n) is 5.26. The summed E-state index contributed by atoms with van der Waals surface area (Å²) in [6.07, 6.45) is 0. The maximum Gasteiger partial charge on any atom is 0.254 e.